The molecule has 0 saturated carbocycles. The number of hydrogen-bond donors (Lipinski definition) is 5. The summed E-state index contributed by atoms with van der Waals surface area (Å²) in [5, 5.41) is 40.8. The number of aliphatic hydroxyl groups excluding tert-OH is 4. The fraction of sp³-hybridized carbons (Fsp3) is 0.955. The van der Waals surface area contributed by atoms with Crippen molar-refractivity contribution in [3.63, 3.8) is 0 Å². The van der Waals surface area contributed by atoms with Crippen LogP contribution in [0.1, 0.15) is 96.8 Å². The van der Waals surface area contributed by atoms with Crippen molar-refractivity contribution in [2.24, 2.45) is 0 Å². The van der Waals surface area contributed by atoms with Gasteiger partial charge >= 0.3 is 0 Å². The van der Waals surface area contributed by atoms with Gasteiger partial charge < -0.3 is 30.5 Å². The predicted molar refractivity (Wildman–Crippen MR) is 112 cm³/mol. The Labute approximate surface area is 175 Å². The van der Waals surface area contributed by atoms with Crippen LogP contribution in [0.5, 0.6) is 0 Å². The van der Waals surface area contributed by atoms with E-state index in [4.69, 9.17) is 9.84 Å². The molecule has 1 fully saturated rings. The van der Waals surface area contributed by atoms with Crippen LogP contribution in [-0.4, -0.2) is 63.6 Å². The summed E-state index contributed by atoms with van der Waals surface area (Å²) in [5.74, 6) is -0.247. The summed E-state index contributed by atoms with van der Waals surface area (Å²) in [6, 6.07) is 0. The second kappa shape index (κ2) is 16.0. The number of hydrogen-bond acceptors (Lipinski definition) is 6. The molecular formula is C22H43NO6. The van der Waals surface area contributed by atoms with Gasteiger partial charge in [-0.1, -0.05) is 84.0 Å². The SMILES string of the molecule is CCCCCCCCCCCCCCCC(=O)N[C@@H]1O[C@@H]([C@H](O)CO)[C@H](O)[C@H]1O. The number of amides is 1. The molecule has 5 N–H and O–H groups in total. The number of ether oxygens (including phenoxy) is 1. The van der Waals surface area contributed by atoms with Crippen molar-refractivity contribution in [3.05, 3.63) is 0 Å². The lowest BCUT2D eigenvalue weighted by Gasteiger charge is -2.18. The Balaban J connectivity index is 1.98. The van der Waals surface area contributed by atoms with Gasteiger partial charge in [0.15, 0.2) is 6.23 Å². The van der Waals surface area contributed by atoms with Crippen LogP contribution in [-0.2, 0) is 9.53 Å². The van der Waals surface area contributed by atoms with Crippen molar-refractivity contribution in [1.82, 2.24) is 5.32 Å². The lowest BCUT2D eigenvalue weighted by atomic mass is 10.0. The van der Waals surface area contributed by atoms with E-state index in [0.29, 0.717) is 6.42 Å². The summed E-state index contributed by atoms with van der Waals surface area (Å²) in [5.41, 5.74) is 0. The molecule has 0 unspecified atom stereocenters. The van der Waals surface area contributed by atoms with Crippen molar-refractivity contribution in [3.8, 4) is 0 Å². The van der Waals surface area contributed by atoms with Gasteiger partial charge in [-0.3, -0.25) is 4.79 Å². The summed E-state index contributed by atoms with van der Waals surface area (Å²) >= 11 is 0. The van der Waals surface area contributed by atoms with Gasteiger partial charge in [-0.2, -0.15) is 0 Å². The van der Waals surface area contributed by atoms with Crippen LogP contribution < -0.4 is 5.32 Å². The second-order valence-corrected chi connectivity index (χ2v) is 8.31. The summed E-state index contributed by atoms with van der Waals surface area (Å²) in [6.45, 7) is 1.65. The molecule has 0 spiro atoms. The van der Waals surface area contributed by atoms with Gasteiger partial charge in [0, 0.05) is 6.42 Å². The standard InChI is InChI=1S/C22H43NO6/c1-2-3-4-5-6-7-8-9-10-11-12-13-14-15-18(26)23-22-20(28)19(27)21(29-22)17(25)16-24/h17,19-22,24-25,27-28H,2-16H2,1H3,(H,23,26)/t17-,19-,20-,21+,22-/m1/s1. The number of unbranched alkanes of at least 4 members (excludes halogenated alkanes) is 12. The van der Waals surface area contributed by atoms with Crippen molar-refractivity contribution in [2.45, 2.75) is 127 Å². The lowest BCUT2D eigenvalue weighted by molar-refractivity contribution is -0.129. The van der Waals surface area contributed by atoms with Gasteiger partial charge in [0.2, 0.25) is 5.91 Å². The summed E-state index contributed by atoms with van der Waals surface area (Å²) in [6.07, 6.45) is 10.3. The van der Waals surface area contributed by atoms with E-state index < -0.39 is 37.3 Å². The molecule has 7 heteroatoms. The number of carbonyl (C=O) groups excluding carboxylic acids is 1. The molecule has 1 amide bonds. The molecular weight excluding hydrogens is 374 g/mol. The predicted octanol–water partition coefficient (Wildman–Crippen LogP) is 2.38. The highest BCUT2D eigenvalue weighted by Crippen LogP contribution is 2.22. The Kier molecular flexibility index (Phi) is 14.5. The molecule has 0 aromatic heterocycles. The van der Waals surface area contributed by atoms with E-state index in [2.05, 4.69) is 12.2 Å². The average Bonchev–Trinajstić information content (AvgIpc) is 2.99. The number of aliphatic hydroxyl groups is 4. The van der Waals surface area contributed by atoms with Crippen LogP contribution in [0.25, 0.3) is 0 Å². The van der Waals surface area contributed by atoms with Crippen molar-refractivity contribution in [2.75, 3.05) is 6.61 Å². The van der Waals surface area contributed by atoms with Gasteiger partial charge in [-0.25, -0.2) is 0 Å². The molecule has 0 aliphatic carbocycles. The van der Waals surface area contributed by atoms with Crippen LogP contribution in [0.4, 0.5) is 0 Å². The van der Waals surface area contributed by atoms with Crippen LogP contribution in [0, 0.1) is 0 Å². The molecule has 7 nitrogen and oxygen atoms in total. The molecule has 0 aromatic carbocycles. The largest absolute Gasteiger partial charge is 0.394 e. The first kappa shape index (κ1) is 26.3. The first-order valence-corrected chi connectivity index (χ1v) is 11.6. The van der Waals surface area contributed by atoms with E-state index in [9.17, 15) is 20.1 Å². The quantitative estimate of drug-likeness (QED) is 0.232. The number of rotatable bonds is 17. The Hall–Kier alpha value is -0.730. The van der Waals surface area contributed by atoms with Crippen molar-refractivity contribution < 1.29 is 30.0 Å². The van der Waals surface area contributed by atoms with Gasteiger partial charge in [-0.05, 0) is 6.42 Å². The van der Waals surface area contributed by atoms with Crippen molar-refractivity contribution >= 4 is 5.91 Å². The van der Waals surface area contributed by atoms with E-state index in [1.807, 2.05) is 0 Å². The first-order chi connectivity index (χ1) is 14.0. The molecule has 1 aliphatic heterocycles. The fourth-order valence-electron chi connectivity index (χ4n) is 3.78. The van der Waals surface area contributed by atoms with Gasteiger partial charge in [0.25, 0.3) is 0 Å². The molecule has 29 heavy (non-hydrogen) atoms. The van der Waals surface area contributed by atoms with Gasteiger partial charge in [0.1, 0.15) is 24.4 Å². The lowest BCUT2D eigenvalue weighted by Crippen LogP contribution is -2.44. The topological polar surface area (TPSA) is 119 Å². The zero-order valence-corrected chi connectivity index (χ0v) is 18.1. The van der Waals surface area contributed by atoms with E-state index in [1.165, 1.54) is 64.2 Å². The maximum atomic E-state index is 12.0. The number of carbonyl (C=O) groups is 1. The summed E-state index contributed by atoms with van der Waals surface area (Å²) < 4.78 is 5.29. The third-order valence-electron chi connectivity index (χ3n) is 5.68. The average molecular weight is 418 g/mol. The van der Waals surface area contributed by atoms with Crippen LogP contribution in [0.2, 0.25) is 0 Å². The molecule has 5 atom stereocenters. The fourth-order valence-corrected chi connectivity index (χ4v) is 3.78. The maximum Gasteiger partial charge on any atom is 0.222 e. The highest BCUT2D eigenvalue weighted by atomic mass is 16.6. The molecule has 172 valence electrons. The minimum Gasteiger partial charge on any atom is -0.394 e. The van der Waals surface area contributed by atoms with Gasteiger partial charge in [0.05, 0.1) is 6.61 Å². The molecule has 1 rings (SSSR count). The highest BCUT2D eigenvalue weighted by Gasteiger charge is 2.46. The maximum absolute atomic E-state index is 12.0. The highest BCUT2D eigenvalue weighted by molar-refractivity contribution is 5.76. The smallest absolute Gasteiger partial charge is 0.222 e. The second-order valence-electron chi connectivity index (χ2n) is 8.31. The van der Waals surface area contributed by atoms with Crippen LogP contribution in [0.15, 0.2) is 0 Å². The normalized spacial score (nSPS) is 25.3. The zero-order valence-electron chi connectivity index (χ0n) is 18.1. The Bertz CT molecular complexity index is 422. The molecule has 1 saturated heterocycles. The minimum absolute atomic E-state index is 0.247. The third-order valence-corrected chi connectivity index (χ3v) is 5.68. The molecule has 0 aromatic rings. The molecule has 1 heterocycles. The van der Waals surface area contributed by atoms with E-state index in [-0.39, 0.29) is 5.91 Å². The van der Waals surface area contributed by atoms with Crippen LogP contribution >= 0.6 is 0 Å². The third kappa shape index (κ3) is 10.7. The molecule has 1 aliphatic rings. The number of nitrogens with one attached hydrogen (secondary N) is 1. The Morgan fingerprint density at radius 1 is 0.862 bits per heavy atom. The minimum atomic E-state index is -1.35. The van der Waals surface area contributed by atoms with Crippen LogP contribution in [0.3, 0.4) is 0 Å². The zero-order chi connectivity index (χ0) is 21.5. The first-order valence-electron chi connectivity index (χ1n) is 11.6. The van der Waals surface area contributed by atoms with Crippen molar-refractivity contribution in [1.29, 1.82) is 0 Å². The van der Waals surface area contributed by atoms with E-state index in [1.54, 1.807) is 0 Å². The van der Waals surface area contributed by atoms with E-state index >= 15 is 0 Å². The Morgan fingerprint density at radius 3 is 1.83 bits per heavy atom. The van der Waals surface area contributed by atoms with Gasteiger partial charge in [-0.15, -0.1) is 0 Å². The monoisotopic (exact) mass is 417 g/mol. The molecule has 0 radical (unpaired) electrons. The summed E-state index contributed by atoms with van der Waals surface area (Å²) in [7, 11) is 0. The Morgan fingerprint density at radius 2 is 1.34 bits per heavy atom. The van der Waals surface area contributed by atoms with E-state index in [0.717, 1.165) is 19.3 Å². The summed E-state index contributed by atoms with van der Waals surface area (Å²) in [4.78, 5) is 12.0. The molecule has 0 bridgehead atoms.